The molecule has 0 heterocycles. The highest BCUT2D eigenvalue weighted by molar-refractivity contribution is 6.10. The van der Waals surface area contributed by atoms with Gasteiger partial charge in [-0.2, -0.15) is 13.2 Å². The average molecular weight is 514 g/mol. The van der Waals surface area contributed by atoms with Gasteiger partial charge in [0.15, 0.2) is 0 Å². The Bertz CT molecular complexity index is 1260. The first-order valence-electron chi connectivity index (χ1n) is 11.5. The van der Waals surface area contributed by atoms with E-state index < -0.39 is 12.1 Å². The van der Waals surface area contributed by atoms with E-state index in [1.807, 2.05) is 54.6 Å². The van der Waals surface area contributed by atoms with Crippen LogP contribution in [0.1, 0.15) is 33.5 Å². The standard InChI is InChI=1S/C25H25N3O2.C2HF3O2/c26-16-18-6-4-9-21(14-18)25(30)28(23-10-2-1-3-11-23)17-24(29)27-22-13-12-19-7-5-8-20(19)15-22;3-2(4,5)1(6)7/h1-4,6,9-15H,5,7-8,16-17,26H2,(H,27,29);(H,6,7). The molecule has 0 aliphatic heterocycles. The Morgan fingerprint density at radius 3 is 2.24 bits per heavy atom. The van der Waals surface area contributed by atoms with Crippen molar-refractivity contribution in [3.05, 3.63) is 95.1 Å². The van der Waals surface area contributed by atoms with Crippen LogP contribution in [-0.4, -0.2) is 35.6 Å². The van der Waals surface area contributed by atoms with Crippen molar-refractivity contribution in [1.82, 2.24) is 0 Å². The second-order valence-electron chi connectivity index (χ2n) is 8.32. The summed E-state index contributed by atoms with van der Waals surface area (Å²) in [5, 5.41) is 10.1. The van der Waals surface area contributed by atoms with Crippen LogP contribution in [0.5, 0.6) is 0 Å². The molecule has 0 unspecified atom stereocenters. The molecule has 4 N–H and O–H groups in total. The van der Waals surface area contributed by atoms with Crippen molar-refractivity contribution in [2.75, 3.05) is 16.8 Å². The normalized spacial score (nSPS) is 12.1. The number of aryl methyl sites for hydroxylation is 2. The largest absolute Gasteiger partial charge is 0.490 e. The number of nitrogens with zero attached hydrogens (tertiary/aromatic N) is 1. The van der Waals surface area contributed by atoms with E-state index in [2.05, 4.69) is 11.4 Å². The van der Waals surface area contributed by atoms with Crippen LogP contribution in [0.15, 0.2) is 72.8 Å². The number of carbonyl (C=O) groups is 3. The highest BCUT2D eigenvalue weighted by Crippen LogP contribution is 2.25. The summed E-state index contributed by atoms with van der Waals surface area (Å²) in [5.74, 6) is -3.23. The lowest BCUT2D eigenvalue weighted by molar-refractivity contribution is -0.192. The molecule has 0 bridgehead atoms. The molecule has 0 aromatic heterocycles. The number of carboxylic acid groups (broad SMARTS) is 1. The lowest BCUT2D eigenvalue weighted by Gasteiger charge is -2.23. The summed E-state index contributed by atoms with van der Waals surface area (Å²) in [4.78, 5) is 36.5. The number of rotatable bonds is 6. The molecule has 0 radical (unpaired) electrons. The maximum absolute atomic E-state index is 13.3. The number of benzene rings is 3. The van der Waals surface area contributed by atoms with E-state index in [0.29, 0.717) is 17.8 Å². The third kappa shape index (κ3) is 7.65. The van der Waals surface area contributed by atoms with Crippen LogP contribution in [0.3, 0.4) is 0 Å². The van der Waals surface area contributed by atoms with E-state index in [1.165, 1.54) is 16.0 Å². The molecule has 0 fully saturated rings. The number of carboxylic acids is 1. The van der Waals surface area contributed by atoms with E-state index in [0.717, 1.165) is 30.5 Å². The van der Waals surface area contributed by atoms with Crippen LogP contribution in [0.2, 0.25) is 0 Å². The number of amides is 2. The van der Waals surface area contributed by atoms with Gasteiger partial charge >= 0.3 is 12.1 Å². The number of carbonyl (C=O) groups excluding carboxylic acids is 2. The van der Waals surface area contributed by atoms with Crippen LogP contribution < -0.4 is 16.0 Å². The van der Waals surface area contributed by atoms with Crippen molar-refractivity contribution in [3.8, 4) is 0 Å². The topological polar surface area (TPSA) is 113 Å². The molecule has 2 amide bonds. The molecule has 3 aromatic rings. The Kier molecular flexibility index (Phi) is 9.02. The maximum Gasteiger partial charge on any atom is 0.490 e. The summed E-state index contributed by atoms with van der Waals surface area (Å²) < 4.78 is 31.7. The number of nitrogens with two attached hydrogens (primary N) is 1. The first-order valence-corrected chi connectivity index (χ1v) is 11.5. The fraction of sp³-hybridized carbons (Fsp3) is 0.222. The monoisotopic (exact) mass is 513 g/mol. The molecular formula is C27H26F3N3O4. The van der Waals surface area contributed by atoms with Gasteiger partial charge in [-0.05, 0) is 72.4 Å². The van der Waals surface area contributed by atoms with Crippen LogP contribution in [0, 0.1) is 0 Å². The summed E-state index contributed by atoms with van der Waals surface area (Å²) in [6.45, 7) is 0.276. The number of anilines is 2. The van der Waals surface area contributed by atoms with Crippen molar-refractivity contribution >= 4 is 29.2 Å². The summed E-state index contributed by atoms with van der Waals surface area (Å²) in [5.41, 5.74) is 11.2. The fourth-order valence-electron chi connectivity index (χ4n) is 3.87. The number of alkyl halides is 3. The molecule has 37 heavy (non-hydrogen) atoms. The Balaban J connectivity index is 0.000000479. The third-order valence-corrected chi connectivity index (χ3v) is 5.65. The molecule has 194 valence electrons. The quantitative estimate of drug-likeness (QED) is 0.448. The Hall–Kier alpha value is -4.18. The molecule has 10 heteroatoms. The smallest absolute Gasteiger partial charge is 0.475 e. The minimum atomic E-state index is -5.08. The first-order chi connectivity index (χ1) is 17.6. The van der Waals surface area contributed by atoms with Crippen LogP contribution in [-0.2, 0) is 29.0 Å². The van der Waals surface area contributed by atoms with Crippen molar-refractivity contribution < 1.29 is 32.7 Å². The number of hydrogen-bond donors (Lipinski definition) is 3. The second-order valence-corrected chi connectivity index (χ2v) is 8.32. The Labute approximate surface area is 211 Å². The number of fused-ring (bicyclic) bond motifs is 1. The van der Waals surface area contributed by atoms with Gasteiger partial charge in [0.2, 0.25) is 5.91 Å². The zero-order chi connectivity index (χ0) is 27.0. The number of para-hydroxylation sites is 1. The van der Waals surface area contributed by atoms with E-state index in [4.69, 9.17) is 15.6 Å². The summed E-state index contributed by atoms with van der Waals surface area (Å²) in [6, 6.07) is 22.5. The molecule has 7 nitrogen and oxygen atoms in total. The molecule has 0 spiro atoms. The van der Waals surface area contributed by atoms with E-state index in [1.54, 1.807) is 12.1 Å². The van der Waals surface area contributed by atoms with Gasteiger partial charge in [0.05, 0.1) is 0 Å². The molecule has 1 aliphatic carbocycles. The summed E-state index contributed by atoms with van der Waals surface area (Å²) >= 11 is 0. The number of nitrogens with one attached hydrogen (secondary N) is 1. The van der Waals surface area contributed by atoms with E-state index in [-0.39, 0.29) is 18.4 Å². The number of aliphatic carboxylic acids is 1. The molecule has 0 saturated heterocycles. The SMILES string of the molecule is NCc1cccc(C(=O)N(CC(=O)Nc2ccc3c(c2)CCC3)c2ccccc2)c1.O=C(O)C(F)(F)F. The first kappa shape index (κ1) is 27.4. The lowest BCUT2D eigenvalue weighted by atomic mass is 10.1. The van der Waals surface area contributed by atoms with Crippen LogP contribution in [0.25, 0.3) is 0 Å². The van der Waals surface area contributed by atoms with Gasteiger partial charge in [-0.25, -0.2) is 4.79 Å². The van der Waals surface area contributed by atoms with Gasteiger partial charge < -0.3 is 16.2 Å². The van der Waals surface area contributed by atoms with Gasteiger partial charge in [0, 0.05) is 23.5 Å². The average Bonchev–Trinajstić information content (AvgIpc) is 3.35. The van der Waals surface area contributed by atoms with Crippen molar-refractivity contribution in [2.24, 2.45) is 5.73 Å². The van der Waals surface area contributed by atoms with Gasteiger partial charge in [-0.3, -0.25) is 14.5 Å². The van der Waals surface area contributed by atoms with E-state index in [9.17, 15) is 22.8 Å². The van der Waals surface area contributed by atoms with Crippen LogP contribution >= 0.6 is 0 Å². The zero-order valence-corrected chi connectivity index (χ0v) is 19.8. The highest BCUT2D eigenvalue weighted by Gasteiger charge is 2.38. The van der Waals surface area contributed by atoms with Crippen LogP contribution in [0.4, 0.5) is 24.5 Å². The maximum atomic E-state index is 13.3. The molecular weight excluding hydrogens is 487 g/mol. The van der Waals surface area contributed by atoms with Gasteiger partial charge in [-0.1, -0.05) is 36.4 Å². The van der Waals surface area contributed by atoms with Gasteiger partial charge in [-0.15, -0.1) is 0 Å². The molecule has 0 saturated carbocycles. The molecule has 0 atom stereocenters. The predicted octanol–water partition coefficient (Wildman–Crippen LogP) is 4.55. The third-order valence-electron chi connectivity index (χ3n) is 5.65. The summed E-state index contributed by atoms with van der Waals surface area (Å²) in [7, 11) is 0. The number of hydrogen-bond acceptors (Lipinski definition) is 4. The van der Waals surface area contributed by atoms with Gasteiger partial charge in [0.25, 0.3) is 5.91 Å². The van der Waals surface area contributed by atoms with E-state index >= 15 is 0 Å². The number of halogens is 3. The second kappa shape index (κ2) is 12.2. The fourth-order valence-corrected chi connectivity index (χ4v) is 3.87. The highest BCUT2D eigenvalue weighted by atomic mass is 19.4. The molecule has 1 aliphatic rings. The molecule has 4 rings (SSSR count). The Morgan fingerprint density at radius 2 is 1.59 bits per heavy atom. The summed E-state index contributed by atoms with van der Waals surface area (Å²) in [6.07, 6.45) is -1.78. The zero-order valence-electron chi connectivity index (χ0n) is 19.8. The lowest BCUT2D eigenvalue weighted by Crippen LogP contribution is -2.38. The van der Waals surface area contributed by atoms with Gasteiger partial charge in [0.1, 0.15) is 6.54 Å². The molecule has 3 aromatic carbocycles. The minimum absolute atomic E-state index is 0.0766. The van der Waals surface area contributed by atoms with Crippen molar-refractivity contribution in [1.29, 1.82) is 0 Å². The van der Waals surface area contributed by atoms with Crippen molar-refractivity contribution in [2.45, 2.75) is 32.0 Å². The van der Waals surface area contributed by atoms with Crippen molar-refractivity contribution in [3.63, 3.8) is 0 Å². The Morgan fingerprint density at radius 1 is 0.919 bits per heavy atom. The predicted molar refractivity (Wildman–Crippen MR) is 133 cm³/mol. The minimum Gasteiger partial charge on any atom is -0.475 e.